The fourth-order valence-corrected chi connectivity index (χ4v) is 3.66. The predicted molar refractivity (Wildman–Crippen MR) is 88.9 cm³/mol. The summed E-state index contributed by atoms with van der Waals surface area (Å²) in [5.41, 5.74) is 2.35. The van der Waals surface area contributed by atoms with Crippen LogP contribution in [0.1, 0.15) is 16.2 Å². The Morgan fingerprint density at radius 3 is 2.92 bits per heavy atom. The van der Waals surface area contributed by atoms with Crippen LogP contribution >= 0.6 is 0 Å². The molecule has 2 aromatic rings. The minimum absolute atomic E-state index is 0.00372. The van der Waals surface area contributed by atoms with Gasteiger partial charge in [0.2, 0.25) is 0 Å². The van der Waals surface area contributed by atoms with Crippen molar-refractivity contribution in [3.8, 4) is 0 Å². The number of rotatable bonds is 2. The third kappa shape index (κ3) is 2.79. The van der Waals surface area contributed by atoms with E-state index in [1.165, 1.54) is 0 Å². The fourth-order valence-electron chi connectivity index (χ4n) is 3.66. The molecule has 2 N–H and O–H groups in total. The maximum atomic E-state index is 12.8. The number of morpholine rings is 1. The lowest BCUT2D eigenvalue weighted by Crippen LogP contribution is -2.49. The van der Waals surface area contributed by atoms with E-state index in [0.717, 1.165) is 29.9 Å². The number of aliphatic hydroxyl groups excluding tert-OH is 1. The standard InChI is InChI=1S/C17H22N4O3/c1-11-18-13-3-2-12(8-14(13)19-11)17(23)21-9-15(16(22)10-21)20-4-6-24-7-5-20/h2-3,8,15-16,22H,4-7,9-10H2,1H3,(H,18,19)/t15-,16-/m1/s1. The Labute approximate surface area is 140 Å². The summed E-state index contributed by atoms with van der Waals surface area (Å²) < 4.78 is 5.37. The number of likely N-dealkylation sites (tertiary alicyclic amines) is 1. The second-order valence-electron chi connectivity index (χ2n) is 6.55. The first-order chi connectivity index (χ1) is 11.6. The summed E-state index contributed by atoms with van der Waals surface area (Å²) in [6.07, 6.45) is -0.509. The maximum Gasteiger partial charge on any atom is 0.254 e. The minimum atomic E-state index is -0.509. The number of nitrogens with one attached hydrogen (secondary N) is 1. The zero-order valence-corrected chi connectivity index (χ0v) is 13.7. The molecule has 2 saturated heterocycles. The molecular weight excluding hydrogens is 308 g/mol. The summed E-state index contributed by atoms with van der Waals surface area (Å²) in [5.74, 6) is 0.789. The van der Waals surface area contributed by atoms with Gasteiger partial charge in [0.1, 0.15) is 5.82 Å². The van der Waals surface area contributed by atoms with Crippen LogP contribution in [0.5, 0.6) is 0 Å². The van der Waals surface area contributed by atoms with E-state index in [0.29, 0.717) is 31.9 Å². The SMILES string of the molecule is Cc1nc2ccc(C(=O)N3C[C@@H](O)[C@H](N4CCOCC4)C3)cc2[nH]1. The predicted octanol–water partition coefficient (Wildman–Crippen LogP) is 0.389. The van der Waals surface area contributed by atoms with E-state index in [1.54, 1.807) is 11.0 Å². The number of aromatic nitrogens is 2. The first kappa shape index (κ1) is 15.6. The number of carbonyl (C=O) groups is 1. The normalized spacial score (nSPS) is 25.5. The highest BCUT2D eigenvalue weighted by molar-refractivity contribution is 5.97. The Hall–Kier alpha value is -1.96. The minimum Gasteiger partial charge on any atom is -0.390 e. The Kier molecular flexibility index (Phi) is 3.99. The highest BCUT2D eigenvalue weighted by atomic mass is 16.5. The van der Waals surface area contributed by atoms with Crippen molar-refractivity contribution in [1.29, 1.82) is 0 Å². The van der Waals surface area contributed by atoms with Crippen molar-refractivity contribution >= 4 is 16.9 Å². The molecule has 0 bridgehead atoms. The maximum absolute atomic E-state index is 12.8. The lowest BCUT2D eigenvalue weighted by atomic mass is 10.1. The number of imidazole rings is 1. The average molecular weight is 330 g/mol. The second-order valence-corrected chi connectivity index (χ2v) is 6.55. The van der Waals surface area contributed by atoms with E-state index in [9.17, 15) is 9.90 Å². The van der Waals surface area contributed by atoms with Crippen molar-refractivity contribution in [2.24, 2.45) is 0 Å². The Morgan fingerprint density at radius 2 is 2.12 bits per heavy atom. The highest BCUT2D eigenvalue weighted by Gasteiger charge is 2.38. The first-order valence-electron chi connectivity index (χ1n) is 8.37. The van der Waals surface area contributed by atoms with E-state index in [-0.39, 0.29) is 11.9 Å². The lowest BCUT2D eigenvalue weighted by Gasteiger charge is -2.33. The van der Waals surface area contributed by atoms with Crippen LogP contribution in [0, 0.1) is 6.92 Å². The van der Waals surface area contributed by atoms with Gasteiger partial charge in [-0.1, -0.05) is 0 Å². The molecule has 2 aliphatic heterocycles. The molecule has 7 nitrogen and oxygen atoms in total. The number of H-pyrrole nitrogens is 1. The van der Waals surface area contributed by atoms with E-state index >= 15 is 0 Å². The van der Waals surface area contributed by atoms with Crippen molar-refractivity contribution in [2.75, 3.05) is 39.4 Å². The largest absolute Gasteiger partial charge is 0.390 e. The molecule has 24 heavy (non-hydrogen) atoms. The van der Waals surface area contributed by atoms with Crippen molar-refractivity contribution in [2.45, 2.75) is 19.1 Å². The number of fused-ring (bicyclic) bond motifs is 1. The van der Waals surface area contributed by atoms with Gasteiger partial charge in [0.25, 0.3) is 5.91 Å². The molecule has 1 amide bonds. The van der Waals surface area contributed by atoms with Gasteiger partial charge in [-0.15, -0.1) is 0 Å². The Balaban J connectivity index is 1.51. The third-order valence-corrected chi connectivity index (χ3v) is 4.91. The van der Waals surface area contributed by atoms with E-state index in [1.807, 2.05) is 19.1 Å². The second kappa shape index (κ2) is 6.16. The van der Waals surface area contributed by atoms with Gasteiger partial charge in [0.05, 0.1) is 36.4 Å². The third-order valence-electron chi connectivity index (χ3n) is 4.91. The Bertz CT molecular complexity index is 753. The summed E-state index contributed by atoms with van der Waals surface area (Å²) in [7, 11) is 0. The van der Waals surface area contributed by atoms with Gasteiger partial charge in [-0.2, -0.15) is 0 Å². The lowest BCUT2D eigenvalue weighted by molar-refractivity contribution is -0.00611. The van der Waals surface area contributed by atoms with E-state index in [2.05, 4.69) is 14.9 Å². The number of benzene rings is 1. The molecule has 3 heterocycles. The number of hydrogen-bond donors (Lipinski definition) is 2. The summed E-state index contributed by atoms with van der Waals surface area (Å²) in [4.78, 5) is 24.3. The van der Waals surface area contributed by atoms with Crippen LogP contribution in [0.2, 0.25) is 0 Å². The van der Waals surface area contributed by atoms with Gasteiger partial charge in [-0.25, -0.2) is 4.98 Å². The molecule has 1 aromatic carbocycles. The topological polar surface area (TPSA) is 81.7 Å². The molecule has 0 aliphatic carbocycles. The smallest absolute Gasteiger partial charge is 0.254 e. The van der Waals surface area contributed by atoms with E-state index < -0.39 is 6.10 Å². The zero-order chi connectivity index (χ0) is 16.7. The number of β-amino-alcohol motifs (C(OH)–C–C–N with tert-alkyl or cyclic N) is 1. The van der Waals surface area contributed by atoms with Gasteiger partial charge in [0, 0.05) is 31.7 Å². The van der Waals surface area contributed by atoms with Crippen LogP contribution in [0.4, 0.5) is 0 Å². The van der Waals surface area contributed by atoms with Crippen molar-refractivity contribution in [1.82, 2.24) is 19.8 Å². The van der Waals surface area contributed by atoms with Crippen LogP contribution < -0.4 is 0 Å². The number of ether oxygens (including phenoxy) is 1. The van der Waals surface area contributed by atoms with E-state index in [4.69, 9.17) is 4.74 Å². The molecule has 0 unspecified atom stereocenters. The number of aromatic amines is 1. The number of aliphatic hydroxyl groups is 1. The monoisotopic (exact) mass is 330 g/mol. The van der Waals surface area contributed by atoms with Crippen LogP contribution in [0.25, 0.3) is 11.0 Å². The van der Waals surface area contributed by atoms with Gasteiger partial charge in [-0.05, 0) is 25.1 Å². The molecule has 2 fully saturated rings. The van der Waals surface area contributed by atoms with Gasteiger partial charge in [-0.3, -0.25) is 9.69 Å². The highest BCUT2D eigenvalue weighted by Crippen LogP contribution is 2.21. The average Bonchev–Trinajstić information content (AvgIpc) is 3.16. The van der Waals surface area contributed by atoms with Crippen LogP contribution in [-0.4, -0.2) is 82.3 Å². The van der Waals surface area contributed by atoms with Crippen molar-refractivity contribution in [3.05, 3.63) is 29.6 Å². The van der Waals surface area contributed by atoms with Crippen LogP contribution in [0.3, 0.4) is 0 Å². The Morgan fingerprint density at radius 1 is 1.33 bits per heavy atom. The summed E-state index contributed by atoms with van der Waals surface area (Å²) in [6.45, 7) is 5.82. The molecule has 0 spiro atoms. The van der Waals surface area contributed by atoms with Gasteiger partial charge in [0.15, 0.2) is 0 Å². The molecular formula is C17H22N4O3. The first-order valence-corrected chi connectivity index (χ1v) is 8.37. The summed E-state index contributed by atoms with van der Waals surface area (Å²) in [5, 5.41) is 10.4. The molecule has 1 aromatic heterocycles. The summed E-state index contributed by atoms with van der Waals surface area (Å²) >= 11 is 0. The molecule has 2 aliphatic rings. The molecule has 0 saturated carbocycles. The van der Waals surface area contributed by atoms with Crippen LogP contribution in [-0.2, 0) is 4.74 Å². The van der Waals surface area contributed by atoms with Crippen molar-refractivity contribution < 1.29 is 14.6 Å². The van der Waals surface area contributed by atoms with Gasteiger partial charge >= 0.3 is 0 Å². The summed E-state index contributed by atoms with van der Waals surface area (Å²) in [6, 6.07) is 5.50. The number of carbonyl (C=O) groups excluding carboxylic acids is 1. The molecule has 4 rings (SSSR count). The zero-order valence-electron chi connectivity index (χ0n) is 13.7. The molecule has 2 atom stereocenters. The number of hydrogen-bond acceptors (Lipinski definition) is 5. The fraction of sp³-hybridized carbons (Fsp3) is 0.529. The number of aryl methyl sites for hydroxylation is 1. The van der Waals surface area contributed by atoms with Crippen molar-refractivity contribution in [3.63, 3.8) is 0 Å². The number of amides is 1. The van der Waals surface area contributed by atoms with Crippen LogP contribution in [0.15, 0.2) is 18.2 Å². The quantitative estimate of drug-likeness (QED) is 0.832. The molecule has 128 valence electrons. The number of nitrogens with zero attached hydrogens (tertiary/aromatic N) is 3. The molecule has 7 heteroatoms. The molecule has 0 radical (unpaired) electrons. The van der Waals surface area contributed by atoms with Gasteiger partial charge < -0.3 is 19.7 Å².